The van der Waals surface area contributed by atoms with E-state index in [0.29, 0.717) is 13.2 Å². The van der Waals surface area contributed by atoms with Gasteiger partial charge in [-0.15, -0.1) is 10.2 Å². The van der Waals surface area contributed by atoms with Crippen LogP contribution in [-0.2, 0) is 11.0 Å². The summed E-state index contributed by atoms with van der Waals surface area (Å²) < 4.78 is 5.96. The second-order valence-corrected chi connectivity index (χ2v) is 10.5. The van der Waals surface area contributed by atoms with Crippen molar-refractivity contribution in [2.75, 3.05) is 6.61 Å². The van der Waals surface area contributed by atoms with Crippen molar-refractivity contribution in [1.29, 1.82) is 0 Å². The lowest BCUT2D eigenvalue weighted by Gasteiger charge is -2.36. The van der Waals surface area contributed by atoms with Crippen LogP contribution in [0.5, 0.6) is 0 Å². The van der Waals surface area contributed by atoms with Gasteiger partial charge in [-0.05, 0) is 23.3 Å². The molecular weight excluding hydrogens is 250 g/mol. The highest BCUT2D eigenvalue weighted by Crippen LogP contribution is 2.36. The van der Waals surface area contributed by atoms with E-state index in [2.05, 4.69) is 49.3 Å². The standard InChI is InChI=1S/C10H21N5O2Si/c1-10(2,3)18(4,5)17-7-6-15-13-9(8(11)16)12-14-15/h6-7H2,1-5H3,(H2,11,16). The third kappa shape index (κ3) is 3.60. The number of nitrogens with two attached hydrogens (primary N) is 1. The lowest BCUT2D eigenvalue weighted by atomic mass is 10.2. The summed E-state index contributed by atoms with van der Waals surface area (Å²) in [5.74, 6) is -0.742. The molecule has 0 atom stereocenters. The Balaban J connectivity index is 2.49. The largest absolute Gasteiger partial charge is 0.415 e. The number of carbonyl (C=O) groups excluding carboxylic acids is 1. The molecule has 0 unspecified atom stereocenters. The second kappa shape index (κ2) is 5.15. The first-order valence-electron chi connectivity index (χ1n) is 5.85. The number of carbonyl (C=O) groups is 1. The summed E-state index contributed by atoms with van der Waals surface area (Å²) in [6, 6.07) is 0. The average molecular weight is 271 g/mol. The molecule has 0 aliphatic carbocycles. The van der Waals surface area contributed by atoms with Crippen LogP contribution in [0.25, 0.3) is 0 Å². The van der Waals surface area contributed by atoms with Crippen molar-refractivity contribution in [3.8, 4) is 0 Å². The number of hydrogen-bond acceptors (Lipinski definition) is 5. The molecule has 1 aromatic rings. The molecule has 0 fully saturated rings. The van der Waals surface area contributed by atoms with E-state index >= 15 is 0 Å². The molecule has 8 heteroatoms. The van der Waals surface area contributed by atoms with Gasteiger partial charge in [0.1, 0.15) is 0 Å². The Labute approximate surface area is 108 Å². The quantitative estimate of drug-likeness (QED) is 0.799. The van der Waals surface area contributed by atoms with E-state index in [1.54, 1.807) is 0 Å². The number of primary amides is 1. The second-order valence-electron chi connectivity index (χ2n) is 5.68. The summed E-state index contributed by atoms with van der Waals surface area (Å²) in [4.78, 5) is 12.1. The van der Waals surface area contributed by atoms with Crippen molar-refractivity contribution in [2.24, 2.45) is 5.73 Å². The van der Waals surface area contributed by atoms with E-state index < -0.39 is 14.2 Å². The van der Waals surface area contributed by atoms with Gasteiger partial charge < -0.3 is 10.2 Å². The van der Waals surface area contributed by atoms with Crippen LogP contribution in [0.2, 0.25) is 18.1 Å². The van der Waals surface area contributed by atoms with Crippen LogP contribution in [-0.4, -0.2) is 41.0 Å². The number of aromatic nitrogens is 4. The van der Waals surface area contributed by atoms with Gasteiger partial charge in [-0.2, -0.15) is 4.80 Å². The van der Waals surface area contributed by atoms with E-state index in [4.69, 9.17) is 10.2 Å². The minimum Gasteiger partial charge on any atom is -0.415 e. The molecule has 1 amide bonds. The summed E-state index contributed by atoms with van der Waals surface area (Å²) >= 11 is 0. The summed E-state index contributed by atoms with van der Waals surface area (Å²) in [7, 11) is -1.75. The van der Waals surface area contributed by atoms with Crippen molar-refractivity contribution >= 4 is 14.2 Å². The van der Waals surface area contributed by atoms with E-state index in [1.807, 2.05) is 0 Å². The molecule has 0 saturated carbocycles. The molecule has 0 aliphatic heterocycles. The smallest absolute Gasteiger partial charge is 0.290 e. The highest BCUT2D eigenvalue weighted by atomic mass is 28.4. The average Bonchev–Trinajstić information content (AvgIpc) is 2.64. The molecular formula is C10H21N5O2Si. The normalized spacial score (nSPS) is 12.7. The number of tetrazole rings is 1. The fraction of sp³-hybridized carbons (Fsp3) is 0.800. The molecule has 1 rings (SSSR count). The predicted octanol–water partition coefficient (Wildman–Crippen LogP) is 0.794. The molecule has 0 saturated heterocycles. The molecule has 0 bridgehead atoms. The Morgan fingerprint density at radius 2 is 2.06 bits per heavy atom. The zero-order chi connectivity index (χ0) is 14.0. The zero-order valence-electron chi connectivity index (χ0n) is 11.6. The summed E-state index contributed by atoms with van der Waals surface area (Å²) in [6.07, 6.45) is 0. The van der Waals surface area contributed by atoms with Gasteiger partial charge in [-0.3, -0.25) is 4.79 Å². The Hall–Kier alpha value is -1.28. The van der Waals surface area contributed by atoms with Crippen LogP contribution >= 0.6 is 0 Å². The number of amides is 1. The van der Waals surface area contributed by atoms with E-state index in [-0.39, 0.29) is 10.9 Å². The first-order valence-corrected chi connectivity index (χ1v) is 8.76. The van der Waals surface area contributed by atoms with Gasteiger partial charge in [-0.1, -0.05) is 20.8 Å². The van der Waals surface area contributed by atoms with Crippen LogP contribution in [0.4, 0.5) is 0 Å². The van der Waals surface area contributed by atoms with Gasteiger partial charge in [0.15, 0.2) is 8.32 Å². The van der Waals surface area contributed by atoms with Crippen molar-refractivity contribution < 1.29 is 9.22 Å². The monoisotopic (exact) mass is 271 g/mol. The zero-order valence-corrected chi connectivity index (χ0v) is 12.6. The molecule has 18 heavy (non-hydrogen) atoms. The van der Waals surface area contributed by atoms with Crippen LogP contribution in [0.3, 0.4) is 0 Å². The van der Waals surface area contributed by atoms with Crippen LogP contribution in [0.1, 0.15) is 31.4 Å². The SMILES string of the molecule is CC(C)(C)[Si](C)(C)OCCn1nnc(C(N)=O)n1. The van der Waals surface area contributed by atoms with Gasteiger partial charge >= 0.3 is 0 Å². The molecule has 0 radical (unpaired) electrons. The van der Waals surface area contributed by atoms with E-state index in [1.165, 1.54) is 4.80 Å². The Morgan fingerprint density at radius 1 is 1.44 bits per heavy atom. The predicted molar refractivity (Wildman–Crippen MR) is 69.5 cm³/mol. The third-order valence-electron chi connectivity index (χ3n) is 3.23. The number of nitrogens with zero attached hydrogens (tertiary/aromatic N) is 4. The maximum absolute atomic E-state index is 10.8. The summed E-state index contributed by atoms with van der Waals surface area (Å²) in [5, 5.41) is 11.3. The first kappa shape index (κ1) is 14.8. The van der Waals surface area contributed by atoms with Gasteiger partial charge in [0.25, 0.3) is 11.7 Å². The molecule has 0 aromatic carbocycles. The molecule has 102 valence electrons. The number of rotatable bonds is 5. The minimum absolute atomic E-state index is 0.0673. The fourth-order valence-electron chi connectivity index (χ4n) is 1.04. The van der Waals surface area contributed by atoms with Gasteiger partial charge in [0.2, 0.25) is 0 Å². The Kier molecular flexibility index (Phi) is 4.23. The van der Waals surface area contributed by atoms with Crippen LogP contribution in [0.15, 0.2) is 0 Å². The molecule has 1 aromatic heterocycles. The lowest BCUT2D eigenvalue weighted by Crippen LogP contribution is -2.41. The van der Waals surface area contributed by atoms with Crippen molar-refractivity contribution in [3.63, 3.8) is 0 Å². The lowest BCUT2D eigenvalue weighted by molar-refractivity contribution is 0.0989. The molecule has 0 aliphatic rings. The molecule has 0 spiro atoms. The molecule has 1 heterocycles. The van der Waals surface area contributed by atoms with Crippen molar-refractivity contribution in [1.82, 2.24) is 20.2 Å². The van der Waals surface area contributed by atoms with Gasteiger partial charge in [-0.25, -0.2) is 0 Å². The fourth-order valence-corrected chi connectivity index (χ4v) is 2.07. The Bertz CT molecular complexity index is 424. The highest BCUT2D eigenvalue weighted by molar-refractivity contribution is 6.74. The summed E-state index contributed by atoms with van der Waals surface area (Å²) in [5.41, 5.74) is 5.04. The third-order valence-corrected chi connectivity index (χ3v) is 7.77. The Morgan fingerprint density at radius 3 is 2.50 bits per heavy atom. The first-order chi connectivity index (χ1) is 8.13. The van der Waals surface area contributed by atoms with Gasteiger partial charge in [0.05, 0.1) is 13.2 Å². The van der Waals surface area contributed by atoms with E-state index in [9.17, 15) is 4.79 Å². The maximum atomic E-state index is 10.8. The van der Waals surface area contributed by atoms with Crippen molar-refractivity contribution in [2.45, 2.75) is 45.4 Å². The van der Waals surface area contributed by atoms with E-state index in [0.717, 1.165) is 0 Å². The maximum Gasteiger partial charge on any atom is 0.290 e. The topological polar surface area (TPSA) is 95.9 Å². The van der Waals surface area contributed by atoms with Gasteiger partial charge in [0, 0.05) is 0 Å². The molecule has 7 nitrogen and oxygen atoms in total. The highest BCUT2D eigenvalue weighted by Gasteiger charge is 2.36. The summed E-state index contributed by atoms with van der Waals surface area (Å²) in [6.45, 7) is 11.9. The van der Waals surface area contributed by atoms with Crippen LogP contribution < -0.4 is 5.73 Å². The minimum atomic E-state index is -1.75. The molecule has 2 N–H and O–H groups in total. The van der Waals surface area contributed by atoms with Crippen molar-refractivity contribution in [3.05, 3.63) is 5.82 Å². The number of hydrogen-bond donors (Lipinski definition) is 1. The van der Waals surface area contributed by atoms with Crippen LogP contribution in [0, 0.1) is 0 Å².